The van der Waals surface area contributed by atoms with Crippen molar-refractivity contribution in [2.75, 3.05) is 17.6 Å². The highest BCUT2D eigenvalue weighted by molar-refractivity contribution is 6.05. The smallest absolute Gasteiger partial charge is 0.407 e. The van der Waals surface area contributed by atoms with E-state index in [0.29, 0.717) is 29.3 Å². The Morgan fingerprint density at radius 2 is 1.84 bits per heavy atom. The summed E-state index contributed by atoms with van der Waals surface area (Å²) in [6.07, 6.45) is -0.217. The van der Waals surface area contributed by atoms with E-state index in [-0.39, 0.29) is 12.5 Å². The van der Waals surface area contributed by atoms with E-state index in [4.69, 9.17) is 5.73 Å². The van der Waals surface area contributed by atoms with Crippen molar-refractivity contribution in [3.05, 3.63) is 77.4 Å². The first-order valence-electron chi connectivity index (χ1n) is 10.1. The van der Waals surface area contributed by atoms with Crippen LogP contribution in [0.5, 0.6) is 0 Å². The van der Waals surface area contributed by atoms with Gasteiger partial charge in [-0.2, -0.15) is 0 Å². The molecule has 0 aliphatic heterocycles. The number of nitrogen functional groups attached to an aromatic ring is 1. The molecule has 4 N–H and O–H groups in total. The fraction of sp³-hybridized carbons (Fsp3) is 0.208. The number of nitrogens with two attached hydrogens (primary N) is 1. The number of carbonyl (C=O) groups excluding carboxylic acids is 1. The average Bonchev–Trinajstić information content (AvgIpc) is 2.76. The highest BCUT2D eigenvalue weighted by Crippen LogP contribution is 2.24. The van der Waals surface area contributed by atoms with Crippen LogP contribution in [-0.2, 0) is 6.54 Å². The first-order valence-corrected chi connectivity index (χ1v) is 10.1. The number of carboxylic acid groups (broad SMARTS) is 1. The van der Waals surface area contributed by atoms with Gasteiger partial charge in [0.2, 0.25) is 0 Å². The minimum Gasteiger partial charge on any atom is -0.465 e. The van der Waals surface area contributed by atoms with Gasteiger partial charge in [0.1, 0.15) is 0 Å². The first kappa shape index (κ1) is 21.8. The van der Waals surface area contributed by atoms with Crippen molar-refractivity contribution in [2.45, 2.75) is 26.8 Å². The lowest BCUT2D eigenvalue weighted by atomic mass is 10.0. The van der Waals surface area contributed by atoms with Gasteiger partial charge in [0.25, 0.3) is 5.91 Å². The Hall–Kier alpha value is -3.87. The summed E-state index contributed by atoms with van der Waals surface area (Å²) in [7, 11) is 0. The van der Waals surface area contributed by atoms with E-state index in [1.54, 1.807) is 24.3 Å². The lowest BCUT2D eigenvalue weighted by Gasteiger charge is -2.20. The number of pyridine rings is 1. The van der Waals surface area contributed by atoms with Crippen LogP contribution in [0, 0.1) is 6.92 Å². The molecule has 3 aromatic rings. The maximum absolute atomic E-state index is 12.8. The summed E-state index contributed by atoms with van der Waals surface area (Å²) in [5, 5.41) is 12.1. The molecule has 7 heteroatoms. The van der Waals surface area contributed by atoms with Gasteiger partial charge in [-0.25, -0.2) is 9.78 Å². The van der Waals surface area contributed by atoms with Crippen molar-refractivity contribution in [2.24, 2.45) is 0 Å². The third-order valence-corrected chi connectivity index (χ3v) is 4.96. The van der Waals surface area contributed by atoms with Crippen LogP contribution < -0.4 is 11.1 Å². The molecule has 0 saturated carbocycles. The average molecular weight is 418 g/mol. The Bertz CT molecular complexity index is 1080. The summed E-state index contributed by atoms with van der Waals surface area (Å²) in [5.41, 5.74) is 10.2. The maximum atomic E-state index is 12.8. The second-order valence-corrected chi connectivity index (χ2v) is 7.30. The molecule has 0 aliphatic carbocycles. The third-order valence-electron chi connectivity index (χ3n) is 4.96. The zero-order chi connectivity index (χ0) is 22.4. The summed E-state index contributed by atoms with van der Waals surface area (Å²) >= 11 is 0. The highest BCUT2D eigenvalue weighted by atomic mass is 16.4. The molecule has 2 amide bonds. The zero-order valence-corrected chi connectivity index (χ0v) is 17.6. The normalized spacial score (nSPS) is 10.5. The number of aryl methyl sites for hydroxylation is 1. The Labute approximate surface area is 181 Å². The number of carbonyl (C=O) groups is 2. The number of benzene rings is 2. The SMILES string of the molecule is CCCN(Cc1ccc(C(=O)Nc2nc(-c3ccccc3)ccc2N)cc1C)C(=O)O. The number of nitrogens with one attached hydrogen (secondary N) is 1. The molecule has 0 unspecified atom stereocenters. The Balaban J connectivity index is 1.78. The predicted octanol–water partition coefficient (Wildman–Crippen LogP) is 4.78. The van der Waals surface area contributed by atoms with E-state index in [9.17, 15) is 14.7 Å². The summed E-state index contributed by atoms with van der Waals surface area (Å²) in [6.45, 7) is 4.54. The molecular weight excluding hydrogens is 392 g/mol. The van der Waals surface area contributed by atoms with Crippen molar-refractivity contribution in [1.29, 1.82) is 0 Å². The molecule has 0 spiro atoms. The van der Waals surface area contributed by atoms with Crippen molar-refractivity contribution >= 4 is 23.5 Å². The van der Waals surface area contributed by atoms with Crippen molar-refractivity contribution in [1.82, 2.24) is 9.88 Å². The molecule has 0 radical (unpaired) electrons. The molecule has 2 aromatic carbocycles. The van der Waals surface area contributed by atoms with Gasteiger partial charge in [-0.3, -0.25) is 4.79 Å². The number of hydrogen-bond donors (Lipinski definition) is 3. The van der Waals surface area contributed by atoms with Crippen LogP contribution in [-0.4, -0.2) is 33.5 Å². The molecule has 0 bridgehead atoms. The summed E-state index contributed by atoms with van der Waals surface area (Å²) in [4.78, 5) is 30.0. The molecule has 7 nitrogen and oxygen atoms in total. The third kappa shape index (κ3) is 5.39. The molecule has 160 valence electrons. The highest BCUT2D eigenvalue weighted by Gasteiger charge is 2.15. The maximum Gasteiger partial charge on any atom is 0.407 e. The van der Waals surface area contributed by atoms with Crippen LogP contribution >= 0.6 is 0 Å². The molecular formula is C24H26N4O3. The van der Waals surface area contributed by atoms with Crippen LogP contribution in [0.2, 0.25) is 0 Å². The van der Waals surface area contributed by atoms with Crippen molar-refractivity contribution in [3.63, 3.8) is 0 Å². The van der Waals surface area contributed by atoms with Crippen LogP contribution in [0.1, 0.15) is 34.8 Å². The van der Waals surface area contributed by atoms with Gasteiger partial charge in [0.05, 0.1) is 11.4 Å². The molecule has 0 fully saturated rings. The number of aromatic nitrogens is 1. The molecule has 1 aromatic heterocycles. The fourth-order valence-corrected chi connectivity index (χ4v) is 3.25. The number of nitrogens with zero attached hydrogens (tertiary/aromatic N) is 2. The molecule has 0 atom stereocenters. The van der Waals surface area contributed by atoms with Gasteiger partial charge in [0.15, 0.2) is 5.82 Å². The number of hydrogen-bond acceptors (Lipinski definition) is 4. The standard InChI is InChI=1S/C24H26N4O3/c1-3-13-28(24(30)31)15-19-10-9-18(14-16(19)2)23(29)27-22-20(25)11-12-21(26-22)17-7-5-4-6-8-17/h4-12,14H,3,13,15,25H2,1-2H3,(H,30,31)(H,26,27,29). The first-order chi connectivity index (χ1) is 14.9. The quantitative estimate of drug-likeness (QED) is 0.512. The van der Waals surface area contributed by atoms with Crippen molar-refractivity contribution < 1.29 is 14.7 Å². The monoisotopic (exact) mass is 418 g/mol. The summed E-state index contributed by atoms with van der Waals surface area (Å²) < 4.78 is 0. The molecule has 0 aliphatic rings. The molecule has 1 heterocycles. The molecule has 31 heavy (non-hydrogen) atoms. The predicted molar refractivity (Wildman–Crippen MR) is 122 cm³/mol. The van der Waals surface area contributed by atoms with Gasteiger partial charge < -0.3 is 21.1 Å². The van der Waals surface area contributed by atoms with Gasteiger partial charge >= 0.3 is 6.09 Å². The second kappa shape index (κ2) is 9.75. The van der Waals surface area contributed by atoms with Crippen LogP contribution in [0.3, 0.4) is 0 Å². The second-order valence-electron chi connectivity index (χ2n) is 7.30. The van der Waals surface area contributed by atoms with Crippen LogP contribution in [0.15, 0.2) is 60.7 Å². The van der Waals surface area contributed by atoms with E-state index >= 15 is 0 Å². The number of anilines is 2. The van der Waals surface area contributed by atoms with Crippen LogP contribution in [0.4, 0.5) is 16.3 Å². The van der Waals surface area contributed by atoms with E-state index < -0.39 is 6.09 Å². The van der Waals surface area contributed by atoms with Crippen LogP contribution in [0.25, 0.3) is 11.3 Å². The van der Waals surface area contributed by atoms with Gasteiger partial charge in [0, 0.05) is 24.2 Å². The minimum absolute atomic E-state index is 0.282. The van der Waals surface area contributed by atoms with E-state index in [1.807, 2.05) is 50.2 Å². The molecule has 3 rings (SSSR count). The lowest BCUT2D eigenvalue weighted by Crippen LogP contribution is -2.30. The van der Waals surface area contributed by atoms with E-state index in [2.05, 4.69) is 10.3 Å². The summed E-state index contributed by atoms with van der Waals surface area (Å²) in [5.74, 6) is -0.0317. The number of amides is 2. The Morgan fingerprint density at radius 1 is 1.10 bits per heavy atom. The molecule has 0 saturated heterocycles. The minimum atomic E-state index is -0.956. The Morgan fingerprint density at radius 3 is 2.48 bits per heavy atom. The Kier molecular flexibility index (Phi) is 6.87. The number of rotatable bonds is 7. The van der Waals surface area contributed by atoms with E-state index in [0.717, 1.165) is 23.1 Å². The van der Waals surface area contributed by atoms with Gasteiger partial charge in [-0.1, -0.05) is 43.3 Å². The lowest BCUT2D eigenvalue weighted by molar-refractivity contribution is 0.102. The fourth-order valence-electron chi connectivity index (χ4n) is 3.25. The van der Waals surface area contributed by atoms with Crippen molar-refractivity contribution in [3.8, 4) is 11.3 Å². The summed E-state index contributed by atoms with van der Waals surface area (Å²) in [6, 6.07) is 18.4. The van der Waals surface area contributed by atoms with E-state index in [1.165, 1.54) is 4.90 Å². The largest absolute Gasteiger partial charge is 0.465 e. The topological polar surface area (TPSA) is 109 Å². The van der Waals surface area contributed by atoms with Gasteiger partial charge in [-0.05, 0) is 48.7 Å². The van der Waals surface area contributed by atoms with Gasteiger partial charge in [-0.15, -0.1) is 0 Å². The zero-order valence-electron chi connectivity index (χ0n) is 17.6.